The van der Waals surface area contributed by atoms with E-state index in [1.165, 1.54) is 6.42 Å². The molecule has 1 saturated heterocycles. The van der Waals surface area contributed by atoms with Gasteiger partial charge in [-0.2, -0.15) is 5.10 Å². The Labute approximate surface area is 145 Å². The van der Waals surface area contributed by atoms with Crippen LogP contribution in [0.25, 0.3) is 11.5 Å². The first-order chi connectivity index (χ1) is 12.3. The normalized spacial score (nSPS) is 17.9. The maximum absolute atomic E-state index is 5.85. The highest BCUT2D eigenvalue weighted by molar-refractivity contribution is 5.53. The van der Waals surface area contributed by atoms with Crippen molar-refractivity contribution in [2.75, 3.05) is 13.7 Å². The van der Waals surface area contributed by atoms with E-state index in [1.54, 1.807) is 19.8 Å². The first-order valence-electron chi connectivity index (χ1n) is 8.35. The number of benzene rings is 1. The molecule has 3 aromatic rings. The van der Waals surface area contributed by atoms with Gasteiger partial charge in [0.15, 0.2) is 0 Å². The van der Waals surface area contributed by atoms with Gasteiger partial charge in [-0.15, -0.1) is 10.2 Å². The molecule has 1 aromatic carbocycles. The van der Waals surface area contributed by atoms with Gasteiger partial charge >= 0.3 is 0 Å². The van der Waals surface area contributed by atoms with Crippen LogP contribution in [0.1, 0.15) is 18.7 Å². The second-order valence-corrected chi connectivity index (χ2v) is 6.11. The second-order valence-electron chi connectivity index (χ2n) is 6.11. The van der Waals surface area contributed by atoms with Gasteiger partial charge in [-0.1, -0.05) is 0 Å². The molecular weight excluding hydrogens is 320 g/mol. The molecule has 8 nitrogen and oxygen atoms in total. The fraction of sp³-hybridized carbons (Fsp3) is 0.412. The van der Waals surface area contributed by atoms with Crippen molar-refractivity contribution in [3.8, 4) is 17.2 Å². The summed E-state index contributed by atoms with van der Waals surface area (Å²) in [5, 5.41) is 12.6. The van der Waals surface area contributed by atoms with E-state index >= 15 is 0 Å². The molecule has 3 heterocycles. The third-order valence-corrected chi connectivity index (χ3v) is 4.51. The Balaban J connectivity index is 1.43. The lowest BCUT2D eigenvalue weighted by atomic mass is 10.2. The highest BCUT2D eigenvalue weighted by Gasteiger charge is 2.26. The predicted molar refractivity (Wildman–Crippen MR) is 89.7 cm³/mol. The minimum absolute atomic E-state index is 0.415. The van der Waals surface area contributed by atoms with E-state index in [0.717, 1.165) is 30.8 Å². The second kappa shape index (κ2) is 7.02. The number of aromatic nitrogens is 5. The third kappa shape index (κ3) is 3.53. The van der Waals surface area contributed by atoms with Crippen molar-refractivity contribution < 1.29 is 9.15 Å². The van der Waals surface area contributed by atoms with Gasteiger partial charge in [-0.05, 0) is 43.7 Å². The fourth-order valence-electron chi connectivity index (χ4n) is 3.19. The molecule has 1 aliphatic heterocycles. The van der Waals surface area contributed by atoms with Crippen LogP contribution in [0.15, 0.2) is 41.3 Å². The van der Waals surface area contributed by atoms with Crippen LogP contribution < -0.4 is 4.74 Å². The number of likely N-dealkylation sites (tertiary alicyclic amines) is 1. The van der Waals surface area contributed by atoms with Crippen LogP contribution in [-0.2, 0) is 13.1 Å². The first-order valence-corrected chi connectivity index (χ1v) is 8.35. The zero-order valence-corrected chi connectivity index (χ0v) is 14.1. The fourth-order valence-corrected chi connectivity index (χ4v) is 3.19. The lowest BCUT2D eigenvalue weighted by Crippen LogP contribution is -2.32. The largest absolute Gasteiger partial charge is 0.497 e. The highest BCUT2D eigenvalue weighted by Crippen LogP contribution is 2.24. The molecule has 1 atom stereocenters. The van der Waals surface area contributed by atoms with Crippen molar-refractivity contribution >= 4 is 0 Å². The average Bonchev–Trinajstić information content (AvgIpc) is 3.39. The zero-order chi connectivity index (χ0) is 17.1. The number of ether oxygens (including phenoxy) is 1. The van der Waals surface area contributed by atoms with Gasteiger partial charge in [0.25, 0.3) is 0 Å². The molecule has 0 aliphatic carbocycles. The Bertz CT molecular complexity index is 799. The maximum atomic E-state index is 5.85. The third-order valence-electron chi connectivity index (χ3n) is 4.51. The Morgan fingerprint density at radius 3 is 2.88 bits per heavy atom. The van der Waals surface area contributed by atoms with E-state index in [2.05, 4.69) is 25.2 Å². The molecule has 0 N–H and O–H groups in total. The predicted octanol–water partition coefficient (Wildman–Crippen LogP) is 2.00. The van der Waals surface area contributed by atoms with Crippen molar-refractivity contribution in [1.82, 2.24) is 29.9 Å². The Kier molecular flexibility index (Phi) is 4.43. The molecule has 1 aliphatic rings. The number of rotatable bonds is 6. The van der Waals surface area contributed by atoms with Crippen LogP contribution in [0.4, 0.5) is 0 Å². The Morgan fingerprint density at radius 2 is 2.12 bits per heavy atom. The minimum atomic E-state index is 0.415. The summed E-state index contributed by atoms with van der Waals surface area (Å²) in [6, 6.07) is 8.01. The molecule has 8 heteroatoms. The van der Waals surface area contributed by atoms with E-state index in [-0.39, 0.29) is 0 Å². The summed E-state index contributed by atoms with van der Waals surface area (Å²) in [5.41, 5.74) is 0.889. The van der Waals surface area contributed by atoms with Gasteiger partial charge in [0.1, 0.15) is 18.4 Å². The average molecular weight is 340 g/mol. The monoisotopic (exact) mass is 340 g/mol. The van der Waals surface area contributed by atoms with Crippen molar-refractivity contribution in [3.63, 3.8) is 0 Å². The number of methoxy groups -OCH3 is 1. The molecule has 1 fully saturated rings. The van der Waals surface area contributed by atoms with E-state index in [9.17, 15) is 0 Å². The van der Waals surface area contributed by atoms with E-state index in [0.29, 0.717) is 24.4 Å². The number of nitrogens with zero attached hydrogens (tertiary/aromatic N) is 6. The minimum Gasteiger partial charge on any atom is -0.497 e. The number of hydrogen-bond acceptors (Lipinski definition) is 7. The molecule has 0 radical (unpaired) electrons. The molecule has 0 saturated carbocycles. The molecule has 2 aromatic heterocycles. The topological polar surface area (TPSA) is 82.1 Å². The van der Waals surface area contributed by atoms with Crippen LogP contribution in [0.3, 0.4) is 0 Å². The maximum Gasteiger partial charge on any atom is 0.247 e. The van der Waals surface area contributed by atoms with Crippen molar-refractivity contribution in [2.24, 2.45) is 0 Å². The van der Waals surface area contributed by atoms with Crippen molar-refractivity contribution in [3.05, 3.63) is 42.8 Å². The lowest BCUT2D eigenvalue weighted by molar-refractivity contribution is 0.200. The molecule has 0 unspecified atom stereocenters. The molecule has 0 spiro atoms. The van der Waals surface area contributed by atoms with Crippen LogP contribution in [-0.4, -0.2) is 49.6 Å². The summed E-state index contributed by atoms with van der Waals surface area (Å²) >= 11 is 0. The number of hydrogen-bond donors (Lipinski definition) is 0. The van der Waals surface area contributed by atoms with Crippen LogP contribution in [0.2, 0.25) is 0 Å². The standard InChI is InChI=1S/C17H20N6O2/c1-24-15-6-4-13(5-7-15)17-21-20-16(25-17)10-22-8-2-3-14(22)9-23-12-18-11-19-23/h4-7,11-12,14H,2-3,8-10H2,1H3/t14-/m0/s1. The molecule has 130 valence electrons. The molecule has 25 heavy (non-hydrogen) atoms. The summed E-state index contributed by atoms with van der Waals surface area (Å²) in [6.07, 6.45) is 5.63. The van der Waals surface area contributed by atoms with Crippen molar-refractivity contribution in [1.29, 1.82) is 0 Å². The smallest absolute Gasteiger partial charge is 0.247 e. The Hall–Kier alpha value is -2.74. The van der Waals surface area contributed by atoms with Gasteiger partial charge in [-0.25, -0.2) is 4.98 Å². The summed E-state index contributed by atoms with van der Waals surface area (Å²) in [4.78, 5) is 6.37. The summed E-state index contributed by atoms with van der Waals surface area (Å²) < 4.78 is 12.9. The highest BCUT2D eigenvalue weighted by atomic mass is 16.5. The van der Waals surface area contributed by atoms with Gasteiger partial charge in [0.2, 0.25) is 11.8 Å². The quantitative estimate of drug-likeness (QED) is 0.679. The van der Waals surface area contributed by atoms with E-state index in [4.69, 9.17) is 9.15 Å². The van der Waals surface area contributed by atoms with E-state index in [1.807, 2.05) is 28.9 Å². The van der Waals surface area contributed by atoms with Gasteiger partial charge in [0.05, 0.1) is 20.2 Å². The Morgan fingerprint density at radius 1 is 1.24 bits per heavy atom. The van der Waals surface area contributed by atoms with Crippen LogP contribution >= 0.6 is 0 Å². The molecule has 0 bridgehead atoms. The van der Waals surface area contributed by atoms with Gasteiger partial charge < -0.3 is 9.15 Å². The summed E-state index contributed by atoms with van der Waals surface area (Å²) in [7, 11) is 1.64. The van der Waals surface area contributed by atoms with Crippen molar-refractivity contribution in [2.45, 2.75) is 32.0 Å². The van der Waals surface area contributed by atoms with Crippen LogP contribution in [0, 0.1) is 0 Å². The molecule has 0 amide bonds. The van der Waals surface area contributed by atoms with Crippen LogP contribution in [0.5, 0.6) is 5.75 Å². The lowest BCUT2D eigenvalue weighted by Gasteiger charge is -2.22. The van der Waals surface area contributed by atoms with Gasteiger partial charge in [0, 0.05) is 11.6 Å². The zero-order valence-electron chi connectivity index (χ0n) is 14.1. The first kappa shape index (κ1) is 15.8. The SMILES string of the molecule is COc1ccc(-c2nnc(CN3CCC[C@H]3Cn3cncn3)o2)cc1. The summed E-state index contributed by atoms with van der Waals surface area (Å²) in [5.74, 6) is 1.97. The molecular formula is C17H20N6O2. The summed E-state index contributed by atoms with van der Waals surface area (Å²) in [6.45, 7) is 2.52. The molecule has 4 rings (SSSR count). The van der Waals surface area contributed by atoms with E-state index < -0.39 is 0 Å². The van der Waals surface area contributed by atoms with Gasteiger partial charge in [-0.3, -0.25) is 9.58 Å².